The summed E-state index contributed by atoms with van der Waals surface area (Å²) < 4.78 is 282. The van der Waals surface area contributed by atoms with Gasteiger partial charge < -0.3 is 20.8 Å². The summed E-state index contributed by atoms with van der Waals surface area (Å²) in [5.74, 6) is -8.91. The zero-order valence-corrected chi connectivity index (χ0v) is 54.0. The fourth-order valence-corrected chi connectivity index (χ4v) is 10.8. The third kappa shape index (κ3) is 23.2. The van der Waals surface area contributed by atoms with Gasteiger partial charge in [0.05, 0.1) is 52.4 Å². The molecule has 0 saturated heterocycles. The van der Waals surface area contributed by atoms with Gasteiger partial charge in [-0.05, 0) is 142 Å². The topological polar surface area (TPSA) is 103 Å². The molecule has 0 spiro atoms. The van der Waals surface area contributed by atoms with E-state index in [4.69, 9.17) is 29.8 Å². The molecule has 0 fully saturated rings. The van der Waals surface area contributed by atoms with Gasteiger partial charge in [0, 0.05) is 24.0 Å². The maximum absolute atomic E-state index is 14.5. The van der Waals surface area contributed by atoms with Crippen molar-refractivity contribution in [1.82, 2.24) is 10.6 Å². The van der Waals surface area contributed by atoms with Crippen molar-refractivity contribution in [3.8, 4) is 0 Å². The number of aliphatic hydroxyl groups is 2. The Balaban J connectivity index is 0.000000240. The minimum absolute atomic E-state index is 0.00369. The monoisotopic (exact) mass is 1510 g/mol. The molecule has 0 aliphatic heterocycles. The van der Waals surface area contributed by atoms with Gasteiger partial charge in [0.1, 0.15) is 47.1 Å². The van der Waals surface area contributed by atoms with Crippen LogP contribution < -0.4 is 10.6 Å². The van der Waals surface area contributed by atoms with Crippen LogP contribution in [0, 0.1) is 41.5 Å². The molecular weight excluding hydrogens is 1450 g/mol. The van der Waals surface area contributed by atoms with Crippen LogP contribution in [0.2, 0.25) is 0 Å². The summed E-state index contributed by atoms with van der Waals surface area (Å²) in [6, 6.07) is 42.4. The molecular formula is C73H54Cl2F21N3O4. The molecule has 5 atom stereocenters. The Hall–Kier alpha value is -9.56. The predicted molar refractivity (Wildman–Crippen MR) is 339 cm³/mol. The van der Waals surface area contributed by atoms with Gasteiger partial charge in [-0.1, -0.05) is 115 Å². The number of amides is 2. The first-order valence-corrected chi connectivity index (χ1v) is 30.8. The molecule has 0 aromatic heterocycles. The summed E-state index contributed by atoms with van der Waals surface area (Å²) in [6.45, 7) is 7.81. The van der Waals surface area contributed by atoms with Crippen molar-refractivity contribution >= 4 is 35.0 Å². The highest BCUT2D eigenvalue weighted by Gasteiger charge is 2.47. The Morgan fingerprint density at radius 1 is 0.350 bits per heavy atom. The van der Waals surface area contributed by atoms with Crippen molar-refractivity contribution in [3.05, 3.63) is 331 Å². The average molecular weight is 1510 g/mol. The number of benzene rings is 9. The lowest BCUT2D eigenvalue weighted by molar-refractivity contribution is -0.164. The maximum Gasteiger partial charge on any atom is 0.416 e. The molecule has 2 amide bonds. The molecule has 9 aromatic rings. The molecule has 103 heavy (non-hydrogen) atoms. The van der Waals surface area contributed by atoms with Crippen molar-refractivity contribution in [2.45, 2.75) is 91.8 Å². The number of nitrogens with one attached hydrogen (secondary N) is 2. The third-order valence-electron chi connectivity index (χ3n) is 15.4. The molecule has 9 rings (SSSR count). The number of hydrogen-bond donors (Lipinski definition) is 4. The van der Waals surface area contributed by atoms with Crippen molar-refractivity contribution in [3.63, 3.8) is 0 Å². The molecule has 0 heterocycles. The molecule has 546 valence electrons. The van der Waals surface area contributed by atoms with E-state index in [2.05, 4.69) is 15.5 Å². The van der Waals surface area contributed by atoms with Gasteiger partial charge in [0.25, 0.3) is 5.54 Å². The number of rotatable bonds is 18. The van der Waals surface area contributed by atoms with Crippen LogP contribution >= 0.6 is 23.2 Å². The Morgan fingerprint density at radius 3 is 0.874 bits per heavy atom. The third-order valence-corrected chi connectivity index (χ3v) is 15.4. The lowest BCUT2D eigenvalue weighted by atomic mass is 9.77. The summed E-state index contributed by atoms with van der Waals surface area (Å²) in [7, 11) is 0. The molecule has 0 radical (unpaired) electrons. The van der Waals surface area contributed by atoms with E-state index in [0.29, 0.717) is 47.0 Å². The second-order valence-electron chi connectivity index (χ2n) is 22.7. The highest BCUT2D eigenvalue weighted by Crippen LogP contribution is 2.44. The molecule has 0 aliphatic carbocycles. The quantitative estimate of drug-likeness (QED) is 0.0390. The average Bonchev–Trinajstić information content (AvgIpc) is 0.774. The first kappa shape index (κ1) is 82.4. The Kier molecular flexibility index (Phi) is 27.7. The van der Waals surface area contributed by atoms with Crippen LogP contribution in [0.25, 0.3) is 4.85 Å². The molecule has 7 nitrogen and oxygen atoms in total. The Bertz CT molecular complexity index is 4110. The van der Waals surface area contributed by atoms with Crippen LogP contribution in [0.4, 0.5) is 92.2 Å². The van der Waals surface area contributed by atoms with Crippen molar-refractivity contribution in [2.75, 3.05) is 5.34 Å². The first-order chi connectivity index (χ1) is 48.0. The second kappa shape index (κ2) is 34.6. The number of alkyl halides is 17. The molecule has 0 aliphatic rings. The van der Waals surface area contributed by atoms with E-state index in [-0.39, 0.29) is 59.0 Å². The number of nitrogens with zero attached hydrogens (tertiary/aromatic N) is 1. The highest BCUT2D eigenvalue weighted by molar-refractivity contribution is 6.40. The van der Waals surface area contributed by atoms with Crippen molar-refractivity contribution in [2.24, 2.45) is 0 Å². The number of carbonyl (C=O) groups excluding carboxylic acids is 2. The molecule has 4 N–H and O–H groups in total. The standard InChI is InChI=1S/2C25H19F8NO2.C22H14F5N.CH2Cl2/c2*26-19-8-6-16(7-9-19)23(13-15-4-2-1-3-5-15,34-22(36)21(35)14-24(28,29)30)17-10-18(25(31,32)33)12-20(27)11-17;1-28-21(14-15-5-3-2-4-6-15,16-7-9-19(23)10-8-16)17-11-18(22(25,26)27)13-20(24)12-17;2-1-3/h2*1-12,21,35H,13-14H2,(H,34,36);2-13H,14H2;1H2/t21-,23+;21-,23-;21-;/m011./s1. The summed E-state index contributed by atoms with van der Waals surface area (Å²) in [6.07, 6.45) is -34.5. The zero-order valence-electron chi connectivity index (χ0n) is 52.5. The van der Waals surface area contributed by atoms with Gasteiger partial charge in [-0.2, -0.15) is 65.9 Å². The van der Waals surface area contributed by atoms with Gasteiger partial charge in [-0.3, -0.25) is 14.4 Å². The van der Waals surface area contributed by atoms with Crippen LogP contribution in [0.15, 0.2) is 218 Å². The second-order valence-corrected chi connectivity index (χ2v) is 23.5. The summed E-state index contributed by atoms with van der Waals surface area (Å²) >= 11 is 9.53. The molecule has 0 unspecified atom stereocenters. The fourth-order valence-electron chi connectivity index (χ4n) is 10.8. The van der Waals surface area contributed by atoms with E-state index in [1.54, 1.807) is 66.7 Å². The highest BCUT2D eigenvalue weighted by atomic mass is 35.5. The molecule has 0 saturated carbocycles. The van der Waals surface area contributed by atoms with Crippen LogP contribution in [0.5, 0.6) is 0 Å². The van der Waals surface area contributed by atoms with Gasteiger partial charge in [-0.25, -0.2) is 32.9 Å². The number of aliphatic hydroxyl groups excluding tert-OH is 2. The Labute approximate surface area is 584 Å². The first-order valence-electron chi connectivity index (χ1n) is 29.7. The van der Waals surface area contributed by atoms with E-state index in [1.807, 2.05) is 0 Å². The number of hydrogen-bond acceptors (Lipinski definition) is 4. The van der Waals surface area contributed by atoms with Crippen LogP contribution in [-0.4, -0.2) is 51.9 Å². The molecule has 0 bridgehead atoms. The van der Waals surface area contributed by atoms with Gasteiger partial charge in [0.2, 0.25) is 11.8 Å². The smallest absolute Gasteiger partial charge is 0.383 e. The molecule has 9 aromatic carbocycles. The minimum atomic E-state index is -5.00. The van der Waals surface area contributed by atoms with Crippen molar-refractivity contribution in [1.29, 1.82) is 0 Å². The van der Waals surface area contributed by atoms with E-state index >= 15 is 0 Å². The minimum Gasteiger partial charge on any atom is -0.383 e. The van der Waals surface area contributed by atoms with Gasteiger partial charge in [0.15, 0.2) is 0 Å². The van der Waals surface area contributed by atoms with Gasteiger partial charge >= 0.3 is 30.9 Å². The maximum atomic E-state index is 14.5. The van der Waals surface area contributed by atoms with Crippen LogP contribution in [-0.2, 0) is 64.0 Å². The lowest BCUT2D eigenvalue weighted by Crippen LogP contribution is -2.52. The van der Waals surface area contributed by atoms with E-state index in [1.165, 1.54) is 36.4 Å². The Morgan fingerprint density at radius 2 is 0.602 bits per heavy atom. The van der Waals surface area contributed by atoms with E-state index in [0.717, 1.165) is 72.8 Å². The van der Waals surface area contributed by atoms with Gasteiger partial charge in [-0.15, -0.1) is 23.2 Å². The fraction of sp³-hybridized carbons (Fsp3) is 0.219. The van der Waals surface area contributed by atoms with Crippen LogP contribution in [0.3, 0.4) is 0 Å². The number of halogens is 23. The summed E-state index contributed by atoms with van der Waals surface area (Å²) in [5.41, 5.74) is -9.34. The largest absolute Gasteiger partial charge is 0.416 e. The van der Waals surface area contributed by atoms with E-state index < -0.39 is 147 Å². The zero-order chi connectivity index (χ0) is 76.5. The van der Waals surface area contributed by atoms with Crippen molar-refractivity contribution < 1.29 is 112 Å². The van der Waals surface area contributed by atoms with Crippen LogP contribution in [0.1, 0.15) is 79.6 Å². The predicted octanol–water partition coefficient (Wildman–Crippen LogP) is 19.6. The number of carbonyl (C=O) groups is 2. The lowest BCUT2D eigenvalue weighted by Gasteiger charge is -2.37. The SMILES string of the molecule is ClCCl.O=C(N[C@](Cc1ccccc1)(c1ccc(F)cc1)c1cc(F)cc(C(F)(F)F)c1)[C@@H](O)CC(F)(F)F.O=C(N[C@](Cc1ccccc1)(c1ccc(F)cc1)c1cc(F)cc(C(F)(F)F)c1)[C@H](O)CC(F)(F)F.[C-]#[N+][C@](Cc1ccccc1)(c1ccc(F)cc1)c1cc(F)cc(C(F)(F)F)c1. The van der Waals surface area contributed by atoms with E-state index in [9.17, 15) is 112 Å². The normalized spacial score (nSPS) is 14.1. The molecule has 30 heteroatoms. The summed E-state index contributed by atoms with van der Waals surface area (Å²) in [5, 5.41) is 24.4. The summed E-state index contributed by atoms with van der Waals surface area (Å²) in [4.78, 5) is 29.2.